The van der Waals surface area contributed by atoms with Crippen molar-refractivity contribution in [2.45, 2.75) is 20.0 Å². The first-order valence-corrected chi connectivity index (χ1v) is 5.87. The number of nitrogens with zero attached hydrogens (tertiary/aromatic N) is 2. The number of halogens is 2. The van der Waals surface area contributed by atoms with Gasteiger partial charge in [0.25, 0.3) is 0 Å². The van der Waals surface area contributed by atoms with Gasteiger partial charge in [-0.2, -0.15) is 4.98 Å². The summed E-state index contributed by atoms with van der Waals surface area (Å²) in [5.41, 5.74) is 0. The summed E-state index contributed by atoms with van der Waals surface area (Å²) in [6.07, 6.45) is 0.690. The Morgan fingerprint density at radius 1 is 1.47 bits per heavy atom. The van der Waals surface area contributed by atoms with E-state index >= 15 is 0 Å². The summed E-state index contributed by atoms with van der Waals surface area (Å²) in [5, 5.41) is 3.75. The number of aryl methyl sites for hydroxylation is 1. The molecule has 4 nitrogen and oxygen atoms in total. The van der Waals surface area contributed by atoms with E-state index in [2.05, 4.69) is 26.1 Å². The highest BCUT2D eigenvalue weighted by atomic mass is 79.9. The predicted octanol–water partition coefficient (Wildman–Crippen LogP) is 3.11. The molecule has 17 heavy (non-hydrogen) atoms. The molecule has 90 valence electrons. The number of aromatic nitrogens is 2. The van der Waals surface area contributed by atoms with Gasteiger partial charge in [0.05, 0.1) is 4.47 Å². The van der Waals surface area contributed by atoms with Gasteiger partial charge in [-0.05, 0) is 34.1 Å². The van der Waals surface area contributed by atoms with Crippen molar-refractivity contribution in [3.05, 3.63) is 40.2 Å². The minimum atomic E-state index is -0.329. The van der Waals surface area contributed by atoms with E-state index in [-0.39, 0.29) is 12.4 Å². The van der Waals surface area contributed by atoms with Gasteiger partial charge in [-0.15, -0.1) is 0 Å². The predicted molar refractivity (Wildman–Crippen MR) is 62.1 cm³/mol. The minimum absolute atomic E-state index is 0.196. The van der Waals surface area contributed by atoms with Crippen LogP contribution in [0, 0.1) is 5.82 Å². The van der Waals surface area contributed by atoms with Crippen molar-refractivity contribution < 1.29 is 13.7 Å². The lowest BCUT2D eigenvalue weighted by molar-refractivity contribution is 0.284. The molecule has 0 aliphatic heterocycles. The zero-order valence-electron chi connectivity index (χ0n) is 9.11. The third kappa shape index (κ3) is 3.03. The van der Waals surface area contributed by atoms with Crippen molar-refractivity contribution in [1.82, 2.24) is 10.1 Å². The zero-order chi connectivity index (χ0) is 12.3. The van der Waals surface area contributed by atoms with E-state index in [0.29, 0.717) is 28.4 Å². The second-order valence-corrected chi connectivity index (χ2v) is 4.18. The van der Waals surface area contributed by atoms with Gasteiger partial charge in [0.1, 0.15) is 11.6 Å². The molecule has 0 aliphatic carbocycles. The minimum Gasteiger partial charge on any atom is -0.485 e. The van der Waals surface area contributed by atoms with Crippen molar-refractivity contribution in [1.29, 1.82) is 0 Å². The largest absolute Gasteiger partial charge is 0.485 e. The van der Waals surface area contributed by atoms with Crippen LogP contribution < -0.4 is 4.74 Å². The van der Waals surface area contributed by atoms with E-state index in [9.17, 15) is 4.39 Å². The summed E-state index contributed by atoms with van der Waals surface area (Å²) in [6.45, 7) is 2.12. The number of rotatable bonds is 4. The molecule has 0 unspecified atom stereocenters. The van der Waals surface area contributed by atoms with Gasteiger partial charge in [0.15, 0.2) is 6.61 Å². The van der Waals surface area contributed by atoms with Crippen LogP contribution in [0.5, 0.6) is 5.75 Å². The lowest BCUT2D eigenvalue weighted by atomic mass is 10.3. The Morgan fingerprint density at radius 3 is 2.94 bits per heavy atom. The molecular formula is C11H10BrFN2O2. The van der Waals surface area contributed by atoms with E-state index in [1.807, 2.05) is 6.92 Å². The van der Waals surface area contributed by atoms with Crippen LogP contribution in [0.4, 0.5) is 4.39 Å². The Kier molecular flexibility index (Phi) is 3.73. The molecule has 0 saturated heterocycles. The average molecular weight is 301 g/mol. The van der Waals surface area contributed by atoms with Crippen LogP contribution in [0.2, 0.25) is 0 Å². The Bertz CT molecular complexity index is 516. The highest BCUT2D eigenvalue weighted by Gasteiger charge is 2.06. The van der Waals surface area contributed by atoms with Gasteiger partial charge >= 0.3 is 0 Å². The Hall–Kier alpha value is -1.43. The topological polar surface area (TPSA) is 48.2 Å². The fourth-order valence-electron chi connectivity index (χ4n) is 1.21. The third-order valence-electron chi connectivity index (χ3n) is 2.07. The summed E-state index contributed by atoms with van der Waals surface area (Å²) in [6, 6.07) is 4.42. The molecule has 2 rings (SSSR count). The number of ether oxygens (including phenoxy) is 1. The summed E-state index contributed by atoms with van der Waals surface area (Å²) >= 11 is 3.08. The number of benzene rings is 1. The zero-order valence-corrected chi connectivity index (χ0v) is 10.7. The quantitative estimate of drug-likeness (QED) is 0.870. The highest BCUT2D eigenvalue weighted by Crippen LogP contribution is 2.22. The van der Waals surface area contributed by atoms with Crippen molar-refractivity contribution in [2.75, 3.05) is 0 Å². The summed E-state index contributed by atoms with van der Waals surface area (Å²) < 4.78 is 23.7. The molecule has 1 aromatic heterocycles. The Balaban J connectivity index is 1.99. The van der Waals surface area contributed by atoms with Crippen molar-refractivity contribution in [3.63, 3.8) is 0 Å². The molecule has 1 heterocycles. The van der Waals surface area contributed by atoms with Crippen LogP contribution in [0.3, 0.4) is 0 Å². The van der Waals surface area contributed by atoms with Gasteiger partial charge in [0.2, 0.25) is 11.7 Å². The molecule has 6 heteroatoms. The normalized spacial score (nSPS) is 10.5. The Labute approximate surface area is 106 Å². The molecule has 0 atom stereocenters. The SMILES string of the molecule is CCc1nc(COc2ccc(F)c(Br)c2)no1. The van der Waals surface area contributed by atoms with Crippen LogP contribution in [0.15, 0.2) is 27.2 Å². The maximum absolute atomic E-state index is 13.0. The van der Waals surface area contributed by atoms with Crippen LogP contribution in [0.25, 0.3) is 0 Å². The fraction of sp³-hybridized carbons (Fsp3) is 0.273. The van der Waals surface area contributed by atoms with E-state index in [1.54, 1.807) is 12.1 Å². The highest BCUT2D eigenvalue weighted by molar-refractivity contribution is 9.10. The molecule has 0 aliphatic rings. The van der Waals surface area contributed by atoms with Crippen molar-refractivity contribution >= 4 is 15.9 Å². The first kappa shape index (κ1) is 12.0. The molecule has 0 N–H and O–H groups in total. The van der Waals surface area contributed by atoms with Crippen molar-refractivity contribution in [3.8, 4) is 5.75 Å². The summed E-state index contributed by atoms with van der Waals surface area (Å²) in [5.74, 6) is 1.26. The average Bonchev–Trinajstić information content (AvgIpc) is 2.79. The van der Waals surface area contributed by atoms with E-state index < -0.39 is 0 Å². The van der Waals surface area contributed by atoms with Gasteiger partial charge in [-0.3, -0.25) is 0 Å². The maximum atomic E-state index is 13.0. The summed E-state index contributed by atoms with van der Waals surface area (Å²) in [4.78, 5) is 4.10. The monoisotopic (exact) mass is 300 g/mol. The van der Waals surface area contributed by atoms with Gasteiger partial charge < -0.3 is 9.26 Å². The molecule has 0 bridgehead atoms. The van der Waals surface area contributed by atoms with Crippen LogP contribution in [-0.2, 0) is 13.0 Å². The lowest BCUT2D eigenvalue weighted by Gasteiger charge is -2.03. The van der Waals surface area contributed by atoms with Gasteiger partial charge in [0, 0.05) is 6.42 Å². The molecule has 0 saturated carbocycles. The molecule has 1 aromatic carbocycles. The molecule has 0 spiro atoms. The third-order valence-corrected chi connectivity index (χ3v) is 2.68. The standard InChI is InChI=1S/C11H10BrFN2O2/c1-2-11-14-10(15-17-11)6-16-7-3-4-9(13)8(12)5-7/h3-5H,2,6H2,1H3. The smallest absolute Gasteiger partial charge is 0.226 e. The first-order valence-electron chi connectivity index (χ1n) is 5.08. The maximum Gasteiger partial charge on any atom is 0.226 e. The molecule has 0 radical (unpaired) electrons. The van der Waals surface area contributed by atoms with Crippen LogP contribution >= 0.6 is 15.9 Å². The van der Waals surface area contributed by atoms with E-state index in [0.717, 1.165) is 0 Å². The van der Waals surface area contributed by atoms with Gasteiger partial charge in [-0.1, -0.05) is 12.1 Å². The lowest BCUT2D eigenvalue weighted by Crippen LogP contribution is -1.98. The first-order chi connectivity index (χ1) is 8.19. The second-order valence-electron chi connectivity index (χ2n) is 3.32. The summed E-state index contributed by atoms with van der Waals surface area (Å²) in [7, 11) is 0. The van der Waals surface area contributed by atoms with E-state index in [1.165, 1.54) is 6.07 Å². The van der Waals surface area contributed by atoms with Crippen LogP contribution in [-0.4, -0.2) is 10.1 Å². The molecule has 0 fully saturated rings. The van der Waals surface area contributed by atoms with Gasteiger partial charge in [-0.25, -0.2) is 4.39 Å². The fourth-order valence-corrected chi connectivity index (χ4v) is 1.56. The number of hydrogen-bond acceptors (Lipinski definition) is 4. The Morgan fingerprint density at radius 2 is 2.29 bits per heavy atom. The second kappa shape index (κ2) is 5.27. The van der Waals surface area contributed by atoms with Crippen molar-refractivity contribution in [2.24, 2.45) is 0 Å². The molecule has 2 aromatic rings. The molecule has 0 amide bonds. The number of hydrogen-bond donors (Lipinski definition) is 0. The van der Waals surface area contributed by atoms with Crippen LogP contribution in [0.1, 0.15) is 18.6 Å². The van der Waals surface area contributed by atoms with E-state index in [4.69, 9.17) is 9.26 Å². The molecular weight excluding hydrogens is 291 g/mol.